The van der Waals surface area contributed by atoms with E-state index < -0.39 is 25.4 Å². The molecule has 0 spiro atoms. The first-order valence-corrected chi connectivity index (χ1v) is 34.7. The van der Waals surface area contributed by atoms with Crippen LogP contribution in [0.3, 0.4) is 0 Å². The first-order valence-electron chi connectivity index (χ1n) is 34.0. The summed E-state index contributed by atoms with van der Waals surface area (Å²) in [5, 5.41) is 17.1. The number of cyclic esters (lactones) is 3. The molecule has 13 rings (SSSR count). The molecule has 6 saturated heterocycles. The number of carbonyl (C=O) groups excluding carboxylic acids is 4. The Morgan fingerprint density at radius 1 is 0.481 bits per heavy atom. The molecule has 7 heterocycles. The second-order valence-electron chi connectivity index (χ2n) is 24.7. The Balaban J connectivity index is 0.000000173. The Morgan fingerprint density at radius 2 is 0.815 bits per heavy atom. The van der Waals surface area contributed by atoms with E-state index in [0.717, 1.165) is 112 Å². The van der Waals surface area contributed by atoms with Gasteiger partial charge in [-0.1, -0.05) is 23.2 Å². The number of ether oxygens (including phenoxy) is 7. The number of nitrogens with one attached hydrogen (secondary N) is 2. The van der Waals surface area contributed by atoms with E-state index >= 15 is 0 Å². The van der Waals surface area contributed by atoms with Crippen LogP contribution in [0.1, 0.15) is 19.3 Å². The van der Waals surface area contributed by atoms with Gasteiger partial charge < -0.3 is 74.2 Å². The molecule has 6 aromatic rings. The van der Waals surface area contributed by atoms with Crippen LogP contribution in [0.2, 0.25) is 10.0 Å². The van der Waals surface area contributed by atoms with Crippen LogP contribution in [0.25, 0.3) is 0 Å². The van der Waals surface area contributed by atoms with Crippen LogP contribution in [0.4, 0.5) is 86.8 Å². The number of amides is 1. The molecule has 36 heteroatoms. The van der Waals surface area contributed by atoms with E-state index in [9.17, 15) is 77.0 Å². The van der Waals surface area contributed by atoms with E-state index in [-0.39, 0.29) is 78.0 Å². The number of nitrogens with two attached hydrogens (primary N) is 1. The van der Waals surface area contributed by atoms with Crippen molar-refractivity contribution in [3.63, 3.8) is 0 Å². The van der Waals surface area contributed by atoms with Crippen molar-refractivity contribution >= 4 is 81.1 Å². The van der Waals surface area contributed by atoms with E-state index in [1.165, 1.54) is 54.6 Å². The van der Waals surface area contributed by atoms with Gasteiger partial charge in [-0.2, -0.15) is 0 Å². The fourth-order valence-corrected chi connectivity index (χ4v) is 12.2. The van der Waals surface area contributed by atoms with Crippen molar-refractivity contribution in [2.45, 2.75) is 62.8 Å². The van der Waals surface area contributed by atoms with E-state index in [2.05, 4.69) is 58.8 Å². The highest BCUT2D eigenvalue weighted by atomic mass is 35.5. The molecule has 0 radical (unpaired) electrons. The van der Waals surface area contributed by atoms with E-state index in [1.807, 2.05) is 9.80 Å². The van der Waals surface area contributed by atoms with Gasteiger partial charge in [-0.3, -0.25) is 29.1 Å². The Kier molecular flexibility index (Phi) is 31.4. The number of alkyl halides is 12. The SMILES string of the molecule is FC(F)(F)Oc1ccc(N2CCNCC2)cc1.Nc1ccc(Cl)cc1.O=C(CC(CO)N1CCN(c2ccc(OC(F)(F)F)cc2)CC1)Nc1ccc(Cl)cc1.O=C1C=CCO1.O=C1CC(N2CCN(c3ccc(OC(F)(F)F)cc3)CC2)CO1.O=C1CC(N2CCN(c3ccc(OC(F)(F)F)cc3)CC2)CO1. The molecule has 7 aliphatic heterocycles. The van der Waals surface area contributed by atoms with Gasteiger partial charge in [0.15, 0.2) is 0 Å². The summed E-state index contributed by atoms with van der Waals surface area (Å²) in [5.74, 6) is -1.63. The Labute approximate surface area is 624 Å². The number of hydrogen-bond acceptors (Lipinski definition) is 21. The van der Waals surface area contributed by atoms with Crippen molar-refractivity contribution in [3.05, 3.63) is 168 Å². The maximum Gasteiger partial charge on any atom is 0.573 e. The molecule has 0 bridgehead atoms. The molecule has 22 nitrogen and oxygen atoms in total. The molecular weight excluding hydrogens is 1500 g/mol. The fourth-order valence-electron chi connectivity index (χ4n) is 11.9. The number of halogens is 14. The van der Waals surface area contributed by atoms with Crippen LogP contribution in [-0.2, 0) is 33.4 Å². The number of piperazine rings is 4. The maximum absolute atomic E-state index is 12.3. The highest BCUT2D eigenvalue weighted by Gasteiger charge is 2.37. The normalized spacial score (nSPS) is 18.8. The summed E-state index contributed by atoms with van der Waals surface area (Å²) in [6, 6.07) is 37.3. The van der Waals surface area contributed by atoms with E-state index in [1.54, 1.807) is 103 Å². The van der Waals surface area contributed by atoms with Gasteiger partial charge in [-0.25, -0.2) is 4.79 Å². The molecule has 0 saturated carbocycles. The van der Waals surface area contributed by atoms with Crippen molar-refractivity contribution in [1.29, 1.82) is 0 Å². The summed E-state index contributed by atoms with van der Waals surface area (Å²) in [6.45, 7) is 13.3. The number of aliphatic hydroxyl groups excluding tert-OH is 1. The van der Waals surface area contributed by atoms with Crippen LogP contribution in [0.15, 0.2) is 158 Å². The number of esters is 3. The third-order valence-corrected chi connectivity index (χ3v) is 17.7. The third-order valence-electron chi connectivity index (χ3n) is 17.2. The molecule has 588 valence electrons. The van der Waals surface area contributed by atoms with Gasteiger partial charge in [0.1, 0.15) is 42.8 Å². The molecular formula is C72H80Cl2F12N10O12. The number of nitrogen functional groups attached to an aromatic ring is 1. The summed E-state index contributed by atoms with van der Waals surface area (Å²) < 4.78 is 175. The lowest BCUT2D eigenvalue weighted by molar-refractivity contribution is -0.275. The van der Waals surface area contributed by atoms with Crippen molar-refractivity contribution in [2.75, 3.05) is 162 Å². The standard InChI is InChI=1S/C21H23ClF3N3O3.2C15H17F3N2O3.C11H13F3N2O.C6H6ClN.C4H4O2/c22-15-1-3-16(4-2-15)26-20(30)13-18(14-29)28-11-9-27(10-12-28)17-5-7-19(8-6-17)31-21(23,24)25;2*16-15(17,18)23-13-3-1-11(2-4-13)19-5-7-20(8-6-19)12-9-14(21)22-10-12;12-11(13,14)17-10-3-1-9(2-4-10)16-7-5-15-6-8-16;7-5-1-3-6(8)4-2-5;5-4-2-1-3-6-4/h1-8,18,29H,9-14H2,(H,26,30);2*1-4,12H,5-10H2;1-4,15H,5-8H2;1-4H,8H2;1-2H,3H2. The summed E-state index contributed by atoms with van der Waals surface area (Å²) in [4.78, 5) is 59.5. The number of nitrogens with zero attached hydrogens (tertiary/aromatic N) is 7. The predicted molar refractivity (Wildman–Crippen MR) is 379 cm³/mol. The number of anilines is 6. The maximum atomic E-state index is 12.3. The van der Waals surface area contributed by atoms with Crippen molar-refractivity contribution in [2.24, 2.45) is 0 Å². The summed E-state index contributed by atoms with van der Waals surface area (Å²) in [6.07, 6.45) is -14.6. The topological polar surface area (TPSA) is 226 Å². The second kappa shape index (κ2) is 40.2. The summed E-state index contributed by atoms with van der Waals surface area (Å²) in [7, 11) is 0. The van der Waals surface area contributed by atoms with E-state index in [4.69, 9.17) is 38.4 Å². The Hall–Kier alpha value is -9.32. The summed E-state index contributed by atoms with van der Waals surface area (Å²) in [5.41, 5.74) is 10.2. The van der Waals surface area contributed by atoms with Crippen LogP contribution < -0.4 is 54.9 Å². The molecule has 3 atom stereocenters. The molecule has 1 amide bonds. The molecule has 6 fully saturated rings. The minimum Gasteiger partial charge on any atom is -0.464 e. The zero-order valence-corrected chi connectivity index (χ0v) is 59.5. The Morgan fingerprint density at radius 3 is 1.09 bits per heavy atom. The van der Waals surface area contributed by atoms with Crippen LogP contribution >= 0.6 is 23.2 Å². The smallest absolute Gasteiger partial charge is 0.464 e. The van der Waals surface area contributed by atoms with Crippen LogP contribution in [0.5, 0.6) is 23.0 Å². The summed E-state index contributed by atoms with van der Waals surface area (Å²) >= 11 is 11.4. The van der Waals surface area contributed by atoms with E-state index in [0.29, 0.717) is 69.6 Å². The number of benzene rings is 6. The molecule has 5 N–H and O–H groups in total. The molecule has 3 unspecified atom stereocenters. The first kappa shape index (κ1) is 84.3. The monoisotopic (exact) mass is 1570 g/mol. The fraction of sp³-hybridized carbons (Fsp3) is 0.417. The van der Waals surface area contributed by atoms with Crippen LogP contribution in [0, 0.1) is 0 Å². The molecule has 0 aliphatic carbocycles. The number of aliphatic hydroxyl groups is 1. The number of rotatable bonds is 15. The third kappa shape index (κ3) is 30.0. The van der Waals surface area contributed by atoms with Gasteiger partial charge >= 0.3 is 43.4 Å². The number of carbonyl (C=O) groups is 4. The van der Waals surface area contributed by atoms with Gasteiger partial charge in [0, 0.05) is 167 Å². The number of hydrogen-bond donors (Lipinski definition) is 4. The van der Waals surface area contributed by atoms with Crippen molar-refractivity contribution in [1.82, 2.24) is 20.0 Å². The first-order chi connectivity index (χ1) is 51.3. The molecule has 108 heavy (non-hydrogen) atoms. The highest BCUT2D eigenvalue weighted by Crippen LogP contribution is 2.32. The lowest BCUT2D eigenvalue weighted by atomic mass is 10.1. The Bertz CT molecular complexity index is 3650. The van der Waals surface area contributed by atoms with Gasteiger partial charge in [0.25, 0.3) is 0 Å². The predicted octanol–water partition coefficient (Wildman–Crippen LogP) is 11.8. The molecule has 6 aromatic carbocycles. The minimum absolute atomic E-state index is 0.141. The highest BCUT2D eigenvalue weighted by molar-refractivity contribution is 6.31. The molecule has 7 aliphatic rings. The van der Waals surface area contributed by atoms with Gasteiger partial charge in [0.05, 0.1) is 31.5 Å². The van der Waals surface area contributed by atoms with Gasteiger partial charge in [-0.15, -0.1) is 52.7 Å². The lowest BCUT2D eigenvalue weighted by Crippen LogP contribution is -2.52. The quantitative estimate of drug-likeness (QED) is 0.0324. The average Bonchev–Trinajstić information content (AvgIpc) is 1.20. The zero-order chi connectivity index (χ0) is 78.0. The minimum atomic E-state index is -4.72. The van der Waals surface area contributed by atoms with Crippen molar-refractivity contribution < 1.29 is 110 Å². The van der Waals surface area contributed by atoms with Crippen molar-refractivity contribution in [3.8, 4) is 23.0 Å². The largest absolute Gasteiger partial charge is 0.573 e. The average molecular weight is 1580 g/mol. The zero-order valence-electron chi connectivity index (χ0n) is 57.9. The molecule has 0 aromatic heterocycles. The van der Waals surface area contributed by atoms with Crippen LogP contribution in [-0.4, -0.2) is 218 Å². The van der Waals surface area contributed by atoms with Gasteiger partial charge in [0.2, 0.25) is 5.91 Å². The lowest BCUT2D eigenvalue weighted by Gasteiger charge is -2.39. The second-order valence-corrected chi connectivity index (χ2v) is 25.6. The van der Waals surface area contributed by atoms with Gasteiger partial charge in [-0.05, 0) is 152 Å².